The first-order valence-corrected chi connectivity index (χ1v) is 7.21. The van der Waals surface area contributed by atoms with Crippen molar-refractivity contribution in [2.24, 2.45) is 0 Å². The molecule has 0 spiro atoms. The minimum atomic E-state index is -3.53. The maximum Gasteiger partial charge on any atom is 0.347 e. The summed E-state index contributed by atoms with van der Waals surface area (Å²) in [5.41, 5.74) is -1.03. The van der Waals surface area contributed by atoms with Crippen LogP contribution in [0.15, 0.2) is 0 Å². The Hall–Kier alpha value is -0.420. The Bertz CT molecular complexity index is 258. The number of ether oxygens (including phenoxy) is 2. The number of rotatable bonds is 9. The average Bonchev–Trinajstić information content (AvgIpc) is 2.26. The summed E-state index contributed by atoms with van der Waals surface area (Å²) in [6, 6.07) is 0. The second-order valence-corrected chi connectivity index (χ2v) is 5.32. The zero-order valence-corrected chi connectivity index (χ0v) is 11.7. The van der Waals surface area contributed by atoms with E-state index >= 15 is 0 Å². The normalized spacial score (nSPS) is 13.4. The standard InChI is InChI=1S/C10H21O6P/c1-5-14-10(11)9(8-13-4)17(12,15-6-2)16-7-3/h9H,5-8H2,1-4H3. The molecule has 0 aromatic rings. The highest BCUT2D eigenvalue weighted by Crippen LogP contribution is 2.53. The summed E-state index contributed by atoms with van der Waals surface area (Å²) in [7, 11) is -2.12. The first-order chi connectivity index (χ1) is 8.05. The summed E-state index contributed by atoms with van der Waals surface area (Å²) >= 11 is 0. The zero-order chi connectivity index (χ0) is 13.3. The van der Waals surface area contributed by atoms with Crippen LogP contribution in [-0.4, -0.2) is 45.2 Å². The van der Waals surface area contributed by atoms with Gasteiger partial charge in [-0.2, -0.15) is 0 Å². The summed E-state index contributed by atoms with van der Waals surface area (Å²) in [4.78, 5) is 11.7. The van der Waals surface area contributed by atoms with Crippen LogP contribution in [0.25, 0.3) is 0 Å². The van der Waals surface area contributed by atoms with Crippen LogP contribution in [-0.2, 0) is 27.9 Å². The topological polar surface area (TPSA) is 71.1 Å². The lowest BCUT2D eigenvalue weighted by atomic mass is 10.4. The SMILES string of the molecule is CCOC(=O)C(COC)P(=O)(OCC)OCC. The van der Waals surface area contributed by atoms with Crippen LogP contribution in [0.2, 0.25) is 0 Å². The van der Waals surface area contributed by atoms with Gasteiger partial charge >= 0.3 is 13.6 Å². The van der Waals surface area contributed by atoms with Crippen molar-refractivity contribution in [2.75, 3.05) is 33.5 Å². The Balaban J connectivity index is 4.94. The quantitative estimate of drug-likeness (QED) is 0.469. The molecule has 0 saturated heterocycles. The molecule has 102 valence electrons. The van der Waals surface area contributed by atoms with E-state index < -0.39 is 19.2 Å². The molecule has 0 N–H and O–H groups in total. The molecule has 0 heterocycles. The highest BCUT2D eigenvalue weighted by Gasteiger charge is 2.42. The Morgan fingerprint density at radius 3 is 2.00 bits per heavy atom. The monoisotopic (exact) mass is 268 g/mol. The Morgan fingerprint density at radius 2 is 1.65 bits per heavy atom. The van der Waals surface area contributed by atoms with Gasteiger partial charge in [0, 0.05) is 7.11 Å². The number of carbonyl (C=O) groups is 1. The lowest BCUT2D eigenvalue weighted by Gasteiger charge is -2.24. The molecule has 0 saturated carbocycles. The van der Waals surface area contributed by atoms with Crippen LogP contribution in [0.4, 0.5) is 0 Å². The average molecular weight is 268 g/mol. The van der Waals surface area contributed by atoms with Crippen molar-refractivity contribution >= 4 is 13.6 Å². The molecular weight excluding hydrogens is 247 g/mol. The maximum atomic E-state index is 12.4. The van der Waals surface area contributed by atoms with Crippen molar-refractivity contribution in [1.29, 1.82) is 0 Å². The largest absolute Gasteiger partial charge is 0.465 e. The van der Waals surface area contributed by atoms with Gasteiger partial charge in [-0.15, -0.1) is 0 Å². The van der Waals surface area contributed by atoms with Gasteiger partial charge in [0.1, 0.15) is 0 Å². The molecular formula is C10H21O6P. The first kappa shape index (κ1) is 16.6. The maximum absolute atomic E-state index is 12.4. The molecule has 0 rings (SSSR count). The second kappa shape index (κ2) is 8.64. The van der Waals surface area contributed by atoms with E-state index in [1.165, 1.54) is 7.11 Å². The summed E-state index contributed by atoms with van der Waals surface area (Å²) in [6.45, 7) is 5.57. The van der Waals surface area contributed by atoms with Crippen molar-refractivity contribution in [3.8, 4) is 0 Å². The summed E-state index contributed by atoms with van der Waals surface area (Å²) in [5.74, 6) is -0.625. The zero-order valence-electron chi connectivity index (χ0n) is 10.8. The molecule has 0 aliphatic rings. The van der Waals surface area contributed by atoms with Gasteiger partial charge in [-0.1, -0.05) is 0 Å². The van der Waals surface area contributed by atoms with Crippen molar-refractivity contribution < 1.29 is 27.9 Å². The van der Waals surface area contributed by atoms with Crippen molar-refractivity contribution in [2.45, 2.75) is 26.4 Å². The van der Waals surface area contributed by atoms with E-state index in [0.29, 0.717) is 0 Å². The van der Waals surface area contributed by atoms with Crippen LogP contribution in [0, 0.1) is 0 Å². The Kier molecular flexibility index (Phi) is 8.43. The molecule has 17 heavy (non-hydrogen) atoms. The van der Waals surface area contributed by atoms with Gasteiger partial charge in [-0.3, -0.25) is 9.36 Å². The third-order valence-corrected chi connectivity index (χ3v) is 4.24. The van der Waals surface area contributed by atoms with E-state index in [1.807, 2.05) is 0 Å². The van der Waals surface area contributed by atoms with E-state index in [0.717, 1.165) is 0 Å². The molecule has 0 radical (unpaired) electrons. The molecule has 0 amide bonds. The summed E-state index contributed by atoms with van der Waals surface area (Å²) in [6.07, 6.45) is 0. The van der Waals surface area contributed by atoms with Crippen LogP contribution in [0.3, 0.4) is 0 Å². The first-order valence-electron chi connectivity index (χ1n) is 5.60. The third kappa shape index (κ3) is 5.17. The second-order valence-electron chi connectivity index (χ2n) is 3.10. The predicted octanol–water partition coefficient (Wildman–Crippen LogP) is 1.83. The van der Waals surface area contributed by atoms with Gasteiger partial charge in [0.05, 0.1) is 26.4 Å². The van der Waals surface area contributed by atoms with E-state index in [9.17, 15) is 9.36 Å². The number of hydrogen-bond acceptors (Lipinski definition) is 6. The lowest BCUT2D eigenvalue weighted by Crippen LogP contribution is -2.30. The smallest absolute Gasteiger partial charge is 0.347 e. The molecule has 0 aliphatic heterocycles. The van der Waals surface area contributed by atoms with Crippen molar-refractivity contribution in [3.63, 3.8) is 0 Å². The molecule has 0 aliphatic carbocycles. The van der Waals surface area contributed by atoms with Crippen LogP contribution < -0.4 is 0 Å². The van der Waals surface area contributed by atoms with Crippen LogP contribution in [0.1, 0.15) is 20.8 Å². The van der Waals surface area contributed by atoms with Crippen LogP contribution >= 0.6 is 7.60 Å². The van der Waals surface area contributed by atoms with Crippen molar-refractivity contribution in [1.82, 2.24) is 0 Å². The highest BCUT2D eigenvalue weighted by molar-refractivity contribution is 7.55. The summed E-state index contributed by atoms with van der Waals surface area (Å²) < 4.78 is 32.3. The molecule has 0 aromatic heterocycles. The number of methoxy groups -OCH3 is 1. The van der Waals surface area contributed by atoms with Crippen molar-refractivity contribution in [3.05, 3.63) is 0 Å². The number of hydrogen-bond donors (Lipinski definition) is 0. The van der Waals surface area contributed by atoms with Gasteiger partial charge < -0.3 is 18.5 Å². The Morgan fingerprint density at radius 1 is 1.12 bits per heavy atom. The minimum absolute atomic E-state index is 0.0594. The molecule has 7 heteroatoms. The fraction of sp³-hybridized carbons (Fsp3) is 0.900. The third-order valence-electron chi connectivity index (χ3n) is 1.88. The highest BCUT2D eigenvalue weighted by atomic mass is 31.2. The number of carbonyl (C=O) groups excluding carboxylic acids is 1. The molecule has 6 nitrogen and oxygen atoms in total. The van der Waals surface area contributed by atoms with Gasteiger partial charge in [-0.05, 0) is 20.8 Å². The van der Waals surface area contributed by atoms with E-state index in [-0.39, 0.29) is 26.4 Å². The van der Waals surface area contributed by atoms with E-state index in [1.54, 1.807) is 20.8 Å². The molecule has 0 bridgehead atoms. The van der Waals surface area contributed by atoms with Crippen LogP contribution in [0.5, 0.6) is 0 Å². The van der Waals surface area contributed by atoms with Gasteiger partial charge in [0.15, 0.2) is 5.66 Å². The van der Waals surface area contributed by atoms with E-state index in [2.05, 4.69) is 0 Å². The molecule has 1 atom stereocenters. The summed E-state index contributed by atoms with van der Waals surface area (Å²) in [5, 5.41) is 0. The predicted molar refractivity (Wildman–Crippen MR) is 63.2 cm³/mol. The van der Waals surface area contributed by atoms with E-state index in [4.69, 9.17) is 18.5 Å². The van der Waals surface area contributed by atoms with Gasteiger partial charge in [0.25, 0.3) is 0 Å². The van der Waals surface area contributed by atoms with Gasteiger partial charge in [0.2, 0.25) is 0 Å². The lowest BCUT2D eigenvalue weighted by molar-refractivity contribution is -0.144. The minimum Gasteiger partial charge on any atom is -0.465 e. The van der Waals surface area contributed by atoms with Gasteiger partial charge in [-0.25, -0.2) is 0 Å². The molecule has 0 aromatic carbocycles. The number of esters is 1. The molecule has 0 fully saturated rings. The molecule has 1 unspecified atom stereocenters. The Labute approximate surface area is 102 Å². The fourth-order valence-corrected chi connectivity index (χ4v) is 3.08. The fourth-order valence-electron chi connectivity index (χ4n) is 1.26.